The topological polar surface area (TPSA) is 56.1 Å². The molecule has 0 aromatic heterocycles. The number of amides is 1. The van der Waals surface area contributed by atoms with Gasteiger partial charge in [-0.05, 0) is 37.1 Å². The van der Waals surface area contributed by atoms with Crippen LogP contribution in [0.1, 0.15) is 27.2 Å². The van der Waals surface area contributed by atoms with Crippen LogP contribution >= 0.6 is 11.8 Å². The van der Waals surface area contributed by atoms with Gasteiger partial charge in [0.2, 0.25) is 5.91 Å². The van der Waals surface area contributed by atoms with Gasteiger partial charge in [-0.3, -0.25) is 4.79 Å². The van der Waals surface area contributed by atoms with Gasteiger partial charge in [0.1, 0.15) is 5.54 Å². The minimum absolute atomic E-state index is 0.0634. The van der Waals surface area contributed by atoms with Gasteiger partial charge in [-0.1, -0.05) is 26.0 Å². The summed E-state index contributed by atoms with van der Waals surface area (Å²) in [5.74, 6) is 1.03. The fraction of sp³-hybridized carbons (Fsp3) is 0.529. The van der Waals surface area contributed by atoms with Crippen LogP contribution in [0, 0.1) is 17.2 Å². The fourth-order valence-corrected chi connectivity index (χ4v) is 3.38. The second kappa shape index (κ2) is 7.06. The van der Waals surface area contributed by atoms with Gasteiger partial charge in [0.15, 0.2) is 0 Å². The van der Waals surface area contributed by atoms with Gasteiger partial charge in [0.05, 0.1) is 18.3 Å². The summed E-state index contributed by atoms with van der Waals surface area (Å²) in [6.07, 6.45) is 1.05. The van der Waals surface area contributed by atoms with Crippen LogP contribution in [0.4, 0.5) is 5.69 Å². The molecule has 4 nitrogen and oxygen atoms in total. The van der Waals surface area contributed by atoms with E-state index in [-0.39, 0.29) is 11.8 Å². The van der Waals surface area contributed by atoms with Crippen molar-refractivity contribution in [3.8, 4) is 6.07 Å². The number of nitrogens with zero attached hydrogens (tertiary/aromatic N) is 2. The highest BCUT2D eigenvalue weighted by molar-refractivity contribution is 7.99. The molecule has 0 fully saturated rings. The molecule has 1 aliphatic heterocycles. The van der Waals surface area contributed by atoms with E-state index in [2.05, 4.69) is 28.4 Å². The van der Waals surface area contributed by atoms with Crippen molar-refractivity contribution in [2.45, 2.75) is 37.6 Å². The molecular formula is C17H23N3OS. The third-order valence-corrected chi connectivity index (χ3v) is 5.31. The molecule has 1 heterocycles. The van der Waals surface area contributed by atoms with Gasteiger partial charge in [-0.15, -0.1) is 11.8 Å². The van der Waals surface area contributed by atoms with Crippen LogP contribution in [0.15, 0.2) is 29.2 Å². The highest BCUT2D eigenvalue weighted by Gasteiger charge is 2.30. The molecule has 0 saturated heterocycles. The van der Waals surface area contributed by atoms with Crippen molar-refractivity contribution in [2.75, 3.05) is 23.7 Å². The fourth-order valence-electron chi connectivity index (χ4n) is 2.37. The number of carbonyl (C=O) groups excluding carboxylic acids is 1. The lowest BCUT2D eigenvalue weighted by atomic mass is 9.90. The first kappa shape index (κ1) is 16.7. The summed E-state index contributed by atoms with van der Waals surface area (Å²) in [6.45, 7) is 6.83. The molecule has 0 radical (unpaired) electrons. The zero-order valence-electron chi connectivity index (χ0n) is 13.4. The summed E-state index contributed by atoms with van der Waals surface area (Å²) < 4.78 is 0. The number of para-hydroxylation sites is 1. The van der Waals surface area contributed by atoms with E-state index in [0.29, 0.717) is 6.54 Å². The molecule has 0 aliphatic carbocycles. The molecule has 1 aliphatic rings. The molecule has 0 unspecified atom stereocenters. The molecule has 2 rings (SSSR count). The molecule has 1 N–H and O–H groups in total. The predicted octanol–water partition coefficient (Wildman–Crippen LogP) is 3.04. The SMILES string of the molecule is CC(C)[C@@](C)(C#N)NC(=O)CN1CCCSc2ccccc21. The number of fused-ring (bicyclic) bond motifs is 1. The Morgan fingerprint density at radius 3 is 2.91 bits per heavy atom. The smallest absolute Gasteiger partial charge is 0.240 e. The number of benzene rings is 1. The number of rotatable bonds is 4. The number of thioether (sulfide) groups is 1. The van der Waals surface area contributed by atoms with Crippen molar-refractivity contribution in [3.63, 3.8) is 0 Å². The maximum Gasteiger partial charge on any atom is 0.240 e. The summed E-state index contributed by atoms with van der Waals surface area (Å²) in [6, 6.07) is 10.4. The van der Waals surface area contributed by atoms with E-state index < -0.39 is 5.54 Å². The second-order valence-electron chi connectivity index (χ2n) is 6.11. The average molecular weight is 317 g/mol. The van der Waals surface area contributed by atoms with Crippen LogP contribution in [-0.2, 0) is 4.79 Å². The Balaban J connectivity index is 2.10. The average Bonchev–Trinajstić information content (AvgIpc) is 2.69. The summed E-state index contributed by atoms with van der Waals surface area (Å²) >= 11 is 1.84. The first-order valence-electron chi connectivity index (χ1n) is 7.65. The molecule has 118 valence electrons. The van der Waals surface area contributed by atoms with Gasteiger partial charge in [-0.2, -0.15) is 5.26 Å². The van der Waals surface area contributed by atoms with E-state index in [1.165, 1.54) is 4.90 Å². The zero-order chi connectivity index (χ0) is 16.2. The minimum atomic E-state index is -0.822. The van der Waals surface area contributed by atoms with Crippen LogP contribution in [0.5, 0.6) is 0 Å². The number of anilines is 1. The molecule has 0 spiro atoms. The summed E-state index contributed by atoms with van der Waals surface area (Å²) in [5.41, 5.74) is 0.292. The van der Waals surface area contributed by atoms with Crippen molar-refractivity contribution in [1.82, 2.24) is 5.32 Å². The minimum Gasteiger partial charge on any atom is -0.361 e. The number of carbonyl (C=O) groups is 1. The third-order valence-electron chi connectivity index (χ3n) is 4.16. The number of hydrogen-bond acceptors (Lipinski definition) is 4. The Morgan fingerprint density at radius 2 is 2.23 bits per heavy atom. The van der Waals surface area contributed by atoms with Crippen LogP contribution in [0.3, 0.4) is 0 Å². The number of nitriles is 1. The van der Waals surface area contributed by atoms with E-state index in [1.807, 2.05) is 37.7 Å². The Hall–Kier alpha value is -1.67. The van der Waals surface area contributed by atoms with Crippen molar-refractivity contribution in [3.05, 3.63) is 24.3 Å². The molecule has 1 atom stereocenters. The lowest BCUT2D eigenvalue weighted by Gasteiger charge is -2.30. The maximum absolute atomic E-state index is 12.4. The molecule has 1 aromatic carbocycles. The largest absolute Gasteiger partial charge is 0.361 e. The van der Waals surface area contributed by atoms with Crippen molar-refractivity contribution in [1.29, 1.82) is 5.26 Å². The Morgan fingerprint density at radius 1 is 1.50 bits per heavy atom. The van der Waals surface area contributed by atoms with E-state index in [9.17, 15) is 10.1 Å². The first-order chi connectivity index (χ1) is 10.5. The summed E-state index contributed by atoms with van der Waals surface area (Å²) in [5, 5.41) is 12.2. The Labute approximate surface area is 136 Å². The molecule has 22 heavy (non-hydrogen) atoms. The molecule has 0 saturated carbocycles. The molecule has 1 aromatic rings. The number of nitrogens with one attached hydrogen (secondary N) is 1. The van der Waals surface area contributed by atoms with Crippen molar-refractivity contribution < 1.29 is 4.79 Å². The van der Waals surface area contributed by atoms with Crippen LogP contribution in [0.2, 0.25) is 0 Å². The quantitative estimate of drug-likeness (QED) is 0.927. The predicted molar refractivity (Wildman–Crippen MR) is 91.0 cm³/mol. The van der Waals surface area contributed by atoms with E-state index >= 15 is 0 Å². The van der Waals surface area contributed by atoms with Crippen molar-refractivity contribution in [2.24, 2.45) is 5.92 Å². The van der Waals surface area contributed by atoms with Gasteiger partial charge in [0, 0.05) is 11.4 Å². The van der Waals surface area contributed by atoms with Crippen LogP contribution < -0.4 is 10.2 Å². The second-order valence-corrected chi connectivity index (χ2v) is 7.25. The lowest BCUT2D eigenvalue weighted by Crippen LogP contribution is -2.52. The molecule has 1 amide bonds. The normalized spacial score (nSPS) is 17.1. The van der Waals surface area contributed by atoms with E-state index in [1.54, 1.807) is 6.92 Å². The Kier molecular flexibility index (Phi) is 5.36. The standard InChI is InChI=1S/C17H23N3OS/c1-13(2)17(3,12-18)19-16(21)11-20-9-6-10-22-15-8-5-4-7-14(15)20/h4-5,7-8,13H,6,9-11H2,1-3H3,(H,19,21)/t17-/m1/s1. The number of hydrogen-bond donors (Lipinski definition) is 1. The van der Waals surface area contributed by atoms with Crippen LogP contribution in [-0.4, -0.2) is 30.3 Å². The highest BCUT2D eigenvalue weighted by atomic mass is 32.2. The molecule has 5 heteroatoms. The maximum atomic E-state index is 12.4. The first-order valence-corrected chi connectivity index (χ1v) is 8.64. The summed E-state index contributed by atoms with van der Waals surface area (Å²) in [7, 11) is 0. The lowest BCUT2D eigenvalue weighted by molar-refractivity contribution is -0.121. The van der Waals surface area contributed by atoms with Gasteiger partial charge in [-0.25, -0.2) is 0 Å². The molecular weight excluding hydrogens is 294 g/mol. The monoisotopic (exact) mass is 317 g/mol. The van der Waals surface area contributed by atoms with Gasteiger partial charge in [0.25, 0.3) is 0 Å². The highest BCUT2D eigenvalue weighted by Crippen LogP contribution is 2.33. The third kappa shape index (κ3) is 3.75. The van der Waals surface area contributed by atoms with E-state index in [0.717, 1.165) is 24.4 Å². The van der Waals surface area contributed by atoms with E-state index in [4.69, 9.17) is 0 Å². The van der Waals surface area contributed by atoms with Crippen LogP contribution in [0.25, 0.3) is 0 Å². The zero-order valence-corrected chi connectivity index (χ0v) is 14.2. The summed E-state index contributed by atoms with van der Waals surface area (Å²) in [4.78, 5) is 15.7. The van der Waals surface area contributed by atoms with Crippen molar-refractivity contribution >= 4 is 23.4 Å². The van der Waals surface area contributed by atoms with Gasteiger partial charge < -0.3 is 10.2 Å². The Bertz CT molecular complexity index is 582. The molecule has 0 bridgehead atoms. The van der Waals surface area contributed by atoms with Gasteiger partial charge >= 0.3 is 0 Å².